The summed E-state index contributed by atoms with van der Waals surface area (Å²) < 4.78 is 3.66. The lowest BCUT2D eigenvalue weighted by Crippen LogP contribution is -2.04. The second-order valence-corrected chi connectivity index (χ2v) is 8.59. The van der Waals surface area contributed by atoms with Gasteiger partial charge >= 0.3 is 0 Å². The van der Waals surface area contributed by atoms with Crippen molar-refractivity contribution in [3.05, 3.63) is 71.5 Å². The number of aromatic nitrogens is 7. The van der Waals surface area contributed by atoms with Gasteiger partial charge in [-0.05, 0) is 30.2 Å². The molecule has 6 rings (SSSR count). The van der Waals surface area contributed by atoms with E-state index in [2.05, 4.69) is 49.5 Å². The molecule has 0 saturated carbocycles. The van der Waals surface area contributed by atoms with Crippen molar-refractivity contribution in [2.75, 3.05) is 0 Å². The predicted octanol–water partition coefficient (Wildman–Crippen LogP) is 3.80. The highest BCUT2D eigenvalue weighted by Crippen LogP contribution is 2.27. The first-order chi connectivity index (χ1) is 15.2. The molecule has 1 unspecified atom stereocenters. The van der Waals surface area contributed by atoms with Gasteiger partial charge in [0.1, 0.15) is 5.01 Å². The van der Waals surface area contributed by atoms with Gasteiger partial charge in [-0.2, -0.15) is 14.7 Å². The molecule has 1 aliphatic heterocycles. The van der Waals surface area contributed by atoms with Gasteiger partial charge in [0.15, 0.2) is 5.82 Å². The van der Waals surface area contributed by atoms with Gasteiger partial charge < -0.3 is 0 Å². The van der Waals surface area contributed by atoms with Gasteiger partial charge in [0, 0.05) is 54.8 Å². The molecule has 0 fully saturated rings. The molecule has 0 spiro atoms. The van der Waals surface area contributed by atoms with Gasteiger partial charge in [-0.1, -0.05) is 23.5 Å². The van der Waals surface area contributed by atoms with E-state index in [1.807, 2.05) is 48.6 Å². The van der Waals surface area contributed by atoms with Crippen molar-refractivity contribution < 1.29 is 0 Å². The first-order valence-electron chi connectivity index (χ1n) is 10.00. The minimum absolute atomic E-state index is 0.210. The van der Waals surface area contributed by atoms with Crippen LogP contribution in [0.1, 0.15) is 28.7 Å². The molecule has 8 nitrogen and oxygen atoms in total. The first kappa shape index (κ1) is 18.1. The molecule has 5 heterocycles. The largest absolute Gasteiger partial charge is 0.275 e. The van der Waals surface area contributed by atoms with Crippen LogP contribution in [-0.2, 0) is 13.5 Å². The molecular weight excluding hydrogens is 408 g/mol. The Kier molecular flexibility index (Phi) is 4.20. The Labute approximate surface area is 181 Å². The Balaban J connectivity index is 1.32. The summed E-state index contributed by atoms with van der Waals surface area (Å²) in [4.78, 5) is 9.67. The average Bonchev–Trinajstić information content (AvgIpc) is 3.51. The molecule has 31 heavy (non-hydrogen) atoms. The van der Waals surface area contributed by atoms with Crippen LogP contribution in [0.4, 0.5) is 0 Å². The van der Waals surface area contributed by atoms with Gasteiger partial charge in [-0.15, -0.1) is 10.2 Å². The predicted molar refractivity (Wildman–Crippen MR) is 120 cm³/mol. The van der Waals surface area contributed by atoms with Crippen molar-refractivity contribution >= 4 is 33.4 Å². The number of pyridine rings is 1. The van der Waals surface area contributed by atoms with E-state index in [0.29, 0.717) is 6.42 Å². The molecule has 0 radical (unpaired) electrons. The Morgan fingerprint density at radius 3 is 2.94 bits per heavy atom. The molecule has 9 heteroatoms. The van der Waals surface area contributed by atoms with Crippen molar-refractivity contribution in [1.29, 1.82) is 0 Å². The minimum atomic E-state index is 0.210. The third-order valence-corrected chi connectivity index (χ3v) is 6.41. The summed E-state index contributed by atoms with van der Waals surface area (Å²) in [5, 5.41) is 19.8. The van der Waals surface area contributed by atoms with Crippen molar-refractivity contribution in [1.82, 2.24) is 34.6 Å². The Hall–Kier alpha value is -3.72. The Morgan fingerprint density at radius 2 is 2.10 bits per heavy atom. The summed E-state index contributed by atoms with van der Waals surface area (Å²) in [7, 11) is 1.91. The highest BCUT2D eigenvalue weighted by molar-refractivity contribution is 7.16. The molecule has 152 valence electrons. The Morgan fingerprint density at radius 1 is 1.13 bits per heavy atom. The maximum atomic E-state index is 4.77. The van der Waals surface area contributed by atoms with Gasteiger partial charge in [0.25, 0.3) is 0 Å². The summed E-state index contributed by atoms with van der Waals surface area (Å²) in [6.45, 7) is 0. The maximum absolute atomic E-state index is 4.77. The lowest BCUT2D eigenvalue weighted by atomic mass is 10.0. The van der Waals surface area contributed by atoms with Crippen molar-refractivity contribution in [3.63, 3.8) is 0 Å². The summed E-state index contributed by atoms with van der Waals surface area (Å²) in [5.74, 6) is 1.04. The fourth-order valence-electron chi connectivity index (χ4n) is 3.78. The van der Waals surface area contributed by atoms with Crippen molar-refractivity contribution in [2.24, 2.45) is 12.0 Å². The second-order valence-electron chi connectivity index (χ2n) is 7.61. The van der Waals surface area contributed by atoms with Crippen molar-refractivity contribution in [2.45, 2.75) is 18.8 Å². The van der Waals surface area contributed by atoms with Crippen LogP contribution in [0.2, 0.25) is 0 Å². The first-order valence-corrected chi connectivity index (χ1v) is 10.8. The molecule has 0 aliphatic carbocycles. The smallest absolute Gasteiger partial charge is 0.234 e. The van der Waals surface area contributed by atoms with E-state index in [4.69, 9.17) is 5.10 Å². The van der Waals surface area contributed by atoms with Gasteiger partial charge in [-0.3, -0.25) is 14.7 Å². The lowest BCUT2D eigenvalue weighted by molar-refractivity contribution is 0.768. The third kappa shape index (κ3) is 3.32. The van der Waals surface area contributed by atoms with E-state index in [9.17, 15) is 0 Å². The highest BCUT2D eigenvalue weighted by atomic mass is 32.1. The number of rotatable bonds is 4. The number of benzene rings is 1. The van der Waals surface area contributed by atoms with Crippen LogP contribution in [0, 0.1) is 0 Å². The van der Waals surface area contributed by atoms with Crippen LogP contribution in [0.5, 0.6) is 0 Å². The highest BCUT2D eigenvalue weighted by Gasteiger charge is 2.18. The van der Waals surface area contributed by atoms with Gasteiger partial charge in [-0.25, -0.2) is 0 Å². The zero-order valence-electron chi connectivity index (χ0n) is 16.8. The third-order valence-electron chi connectivity index (χ3n) is 5.38. The van der Waals surface area contributed by atoms with E-state index in [0.717, 1.165) is 49.8 Å². The fraction of sp³-hybridized carbons (Fsp3) is 0.182. The van der Waals surface area contributed by atoms with E-state index in [1.54, 1.807) is 16.0 Å². The van der Waals surface area contributed by atoms with Crippen LogP contribution < -0.4 is 0 Å². The topological polar surface area (TPSA) is 86.1 Å². The van der Waals surface area contributed by atoms with E-state index in [-0.39, 0.29) is 5.92 Å². The summed E-state index contributed by atoms with van der Waals surface area (Å²) >= 11 is 1.57. The number of hydrogen-bond acceptors (Lipinski definition) is 7. The van der Waals surface area contributed by atoms with E-state index < -0.39 is 0 Å². The number of fused-ring (bicyclic) bond motifs is 2. The van der Waals surface area contributed by atoms with Crippen LogP contribution in [0.25, 0.3) is 27.0 Å². The summed E-state index contributed by atoms with van der Waals surface area (Å²) in [5.41, 5.74) is 4.21. The monoisotopic (exact) mass is 426 g/mol. The number of allylic oxidation sites excluding steroid dienone is 1. The summed E-state index contributed by atoms with van der Waals surface area (Å²) in [6.07, 6.45) is 13.1. The standard InChI is InChI=1S/C22H18N8S/c1-29-13-18(12-25-29)17-9-16-7-14(4-5-19(16)24-11-17)8-20-26-27-22-30(20)28-21(31-22)15-3-2-6-23-10-15/h2,4-7,9-13,15H,3,8H2,1H3. The quantitative estimate of drug-likeness (QED) is 0.436. The minimum Gasteiger partial charge on any atom is -0.275 e. The molecule has 0 N–H and O–H groups in total. The van der Waals surface area contributed by atoms with E-state index >= 15 is 0 Å². The zero-order valence-corrected chi connectivity index (χ0v) is 17.6. The fourth-order valence-corrected chi connectivity index (χ4v) is 4.71. The average molecular weight is 427 g/mol. The lowest BCUT2D eigenvalue weighted by Gasteiger charge is -2.07. The Bertz CT molecular complexity index is 1470. The SMILES string of the molecule is Cn1cc(-c2cnc3ccc(Cc4nnc5sc(C6C=NC=CC6)nn45)cc3c2)cn1. The number of hydrogen-bond donors (Lipinski definition) is 0. The van der Waals surface area contributed by atoms with Gasteiger partial charge in [0.2, 0.25) is 4.96 Å². The van der Waals surface area contributed by atoms with Crippen LogP contribution in [0.3, 0.4) is 0 Å². The van der Waals surface area contributed by atoms with Crippen LogP contribution in [0.15, 0.2) is 60.1 Å². The molecule has 5 aromatic rings. The maximum Gasteiger partial charge on any atom is 0.234 e. The zero-order chi connectivity index (χ0) is 20.8. The number of aliphatic imine (C=N–C) groups is 1. The van der Waals surface area contributed by atoms with Crippen LogP contribution >= 0.6 is 11.3 Å². The summed E-state index contributed by atoms with van der Waals surface area (Å²) in [6, 6.07) is 8.45. The van der Waals surface area contributed by atoms with Crippen molar-refractivity contribution in [3.8, 4) is 11.1 Å². The molecular formula is C22H18N8S. The second kappa shape index (κ2) is 7.21. The molecule has 1 atom stereocenters. The van der Waals surface area contributed by atoms with Crippen LogP contribution in [-0.4, -0.2) is 40.8 Å². The molecule has 0 amide bonds. The number of aryl methyl sites for hydroxylation is 1. The van der Waals surface area contributed by atoms with Gasteiger partial charge in [0.05, 0.1) is 17.6 Å². The molecule has 1 aliphatic rings. The molecule has 0 saturated heterocycles. The molecule has 1 aromatic carbocycles. The van der Waals surface area contributed by atoms with E-state index in [1.165, 1.54) is 0 Å². The number of nitrogens with zero attached hydrogens (tertiary/aromatic N) is 8. The normalized spacial score (nSPS) is 16.0. The molecule has 0 bridgehead atoms. The molecule has 4 aromatic heterocycles.